The van der Waals surface area contributed by atoms with Crippen LogP contribution in [-0.4, -0.2) is 67.7 Å². The van der Waals surface area contributed by atoms with Gasteiger partial charge in [0.2, 0.25) is 5.91 Å². The lowest BCUT2D eigenvalue weighted by atomic mass is 9.98. The van der Waals surface area contributed by atoms with Gasteiger partial charge in [0, 0.05) is 7.05 Å². The molecule has 0 aliphatic carbocycles. The van der Waals surface area contributed by atoms with Gasteiger partial charge in [-0.15, -0.1) is 0 Å². The van der Waals surface area contributed by atoms with Crippen molar-refractivity contribution in [3.8, 4) is 0 Å². The van der Waals surface area contributed by atoms with Crippen LogP contribution in [0.1, 0.15) is 27.7 Å². The smallest absolute Gasteiger partial charge is 0.252 e. The van der Waals surface area contributed by atoms with Gasteiger partial charge in [0.05, 0.1) is 6.54 Å². The minimum atomic E-state index is -0.958. The quantitative estimate of drug-likeness (QED) is 0.694. The van der Waals surface area contributed by atoms with E-state index in [4.69, 9.17) is 23.7 Å². The zero-order valence-corrected chi connectivity index (χ0v) is 14.5. The summed E-state index contributed by atoms with van der Waals surface area (Å²) in [6, 6.07) is 0. The molecule has 0 aromatic carbocycles. The van der Waals surface area contributed by atoms with Gasteiger partial charge < -0.3 is 34.3 Å². The lowest BCUT2D eigenvalue weighted by molar-refractivity contribution is -0.231. The van der Waals surface area contributed by atoms with Gasteiger partial charge in [-0.25, -0.2) is 0 Å². The minimum absolute atomic E-state index is 0.145. The van der Waals surface area contributed by atoms with Gasteiger partial charge in [-0.3, -0.25) is 9.59 Å². The Kier molecular flexibility index (Phi) is 4.33. The summed E-state index contributed by atoms with van der Waals surface area (Å²) < 4.78 is 29.1. The highest BCUT2D eigenvalue weighted by Gasteiger charge is 2.62. The van der Waals surface area contributed by atoms with E-state index in [9.17, 15) is 9.59 Å². The monoisotopic (exact) mass is 344 g/mol. The van der Waals surface area contributed by atoms with Gasteiger partial charge in [0.1, 0.15) is 18.3 Å². The number of hydrogen-bond acceptors (Lipinski definition) is 7. The summed E-state index contributed by atoms with van der Waals surface area (Å²) >= 11 is 0. The van der Waals surface area contributed by atoms with Crippen molar-refractivity contribution in [3.63, 3.8) is 0 Å². The van der Waals surface area contributed by atoms with E-state index in [1.54, 1.807) is 27.7 Å². The molecule has 3 saturated heterocycles. The van der Waals surface area contributed by atoms with Crippen LogP contribution < -0.4 is 10.6 Å². The van der Waals surface area contributed by atoms with Crippen LogP contribution in [0.25, 0.3) is 0 Å². The third kappa shape index (κ3) is 3.27. The molecule has 2 N–H and O–H groups in total. The van der Waals surface area contributed by atoms with Crippen LogP contribution in [0.2, 0.25) is 0 Å². The molecule has 9 nitrogen and oxygen atoms in total. The number of fused-ring (bicyclic) bond motifs is 3. The molecule has 3 heterocycles. The lowest BCUT2D eigenvalue weighted by Crippen LogP contribution is -2.60. The number of ether oxygens (including phenoxy) is 5. The second-order valence-electron chi connectivity index (χ2n) is 6.98. The highest BCUT2D eigenvalue weighted by Crippen LogP contribution is 2.44. The van der Waals surface area contributed by atoms with Crippen LogP contribution in [-0.2, 0) is 33.3 Å². The fourth-order valence-corrected chi connectivity index (χ4v) is 3.18. The Labute approximate surface area is 140 Å². The summed E-state index contributed by atoms with van der Waals surface area (Å²) in [6.07, 6.45) is -3.34. The van der Waals surface area contributed by atoms with Crippen molar-refractivity contribution in [1.29, 1.82) is 0 Å². The van der Waals surface area contributed by atoms with Crippen LogP contribution >= 0.6 is 0 Å². The summed E-state index contributed by atoms with van der Waals surface area (Å²) in [5.74, 6) is -2.48. The Hall–Kier alpha value is -1.26. The van der Waals surface area contributed by atoms with Crippen molar-refractivity contribution >= 4 is 11.8 Å². The molecule has 3 aliphatic rings. The molecular formula is C15H24N2O7. The van der Waals surface area contributed by atoms with Crippen molar-refractivity contribution < 1.29 is 33.3 Å². The van der Waals surface area contributed by atoms with E-state index in [0.717, 1.165) is 0 Å². The zero-order valence-electron chi connectivity index (χ0n) is 14.5. The third-order valence-corrected chi connectivity index (χ3v) is 4.12. The highest BCUT2D eigenvalue weighted by molar-refractivity contribution is 5.87. The molecule has 0 saturated carbocycles. The first-order valence-corrected chi connectivity index (χ1v) is 7.97. The Balaban J connectivity index is 1.77. The Morgan fingerprint density at radius 3 is 2.17 bits per heavy atom. The first kappa shape index (κ1) is 17.6. The molecule has 9 heteroatoms. The van der Waals surface area contributed by atoms with E-state index in [2.05, 4.69) is 10.6 Å². The number of nitrogens with one attached hydrogen (secondary N) is 2. The lowest BCUT2D eigenvalue weighted by Gasteiger charge is -2.36. The third-order valence-electron chi connectivity index (χ3n) is 4.12. The predicted molar refractivity (Wildman–Crippen MR) is 79.6 cm³/mol. The normalized spacial score (nSPS) is 39.0. The molecule has 0 bridgehead atoms. The van der Waals surface area contributed by atoms with E-state index in [1.165, 1.54) is 7.05 Å². The van der Waals surface area contributed by atoms with Crippen molar-refractivity contribution in [2.75, 3.05) is 13.6 Å². The number of carbonyl (C=O) groups is 2. The highest BCUT2D eigenvalue weighted by atomic mass is 16.9. The fourth-order valence-electron chi connectivity index (χ4n) is 3.18. The SMILES string of the molecule is CNC(=O)CNC(=O)[C@@H]1O[C@H]2OC(C)(C)O[C@@H]2[C@H]2OC(C)(C)O[C@H]21. The summed E-state index contributed by atoms with van der Waals surface area (Å²) in [7, 11) is 1.49. The van der Waals surface area contributed by atoms with Crippen LogP contribution in [0.5, 0.6) is 0 Å². The van der Waals surface area contributed by atoms with Crippen molar-refractivity contribution in [2.45, 2.75) is 70.0 Å². The van der Waals surface area contributed by atoms with Crippen molar-refractivity contribution in [3.05, 3.63) is 0 Å². The summed E-state index contributed by atoms with van der Waals surface area (Å²) in [6.45, 7) is 6.92. The predicted octanol–water partition coefficient (Wildman–Crippen LogP) is -0.755. The number of carbonyl (C=O) groups excluding carboxylic acids is 2. The maximum Gasteiger partial charge on any atom is 0.252 e. The molecule has 3 rings (SSSR count). The molecule has 3 aliphatic heterocycles. The molecule has 0 aromatic rings. The van der Waals surface area contributed by atoms with Gasteiger partial charge in [-0.2, -0.15) is 0 Å². The van der Waals surface area contributed by atoms with Crippen molar-refractivity contribution in [2.24, 2.45) is 0 Å². The van der Waals surface area contributed by atoms with Gasteiger partial charge in [0.25, 0.3) is 5.91 Å². The minimum Gasteiger partial charge on any atom is -0.358 e. The van der Waals surface area contributed by atoms with Gasteiger partial charge >= 0.3 is 0 Å². The average molecular weight is 344 g/mol. The molecular weight excluding hydrogens is 320 g/mol. The van der Waals surface area contributed by atoms with Crippen LogP contribution in [0, 0.1) is 0 Å². The Morgan fingerprint density at radius 1 is 0.917 bits per heavy atom. The fraction of sp³-hybridized carbons (Fsp3) is 0.867. The molecule has 3 fully saturated rings. The van der Waals surface area contributed by atoms with Crippen LogP contribution in [0.15, 0.2) is 0 Å². The van der Waals surface area contributed by atoms with Gasteiger partial charge in [0.15, 0.2) is 24.0 Å². The molecule has 0 unspecified atom stereocenters. The number of likely N-dealkylation sites (N-methyl/N-ethyl adjacent to an activating group) is 1. The number of rotatable bonds is 3. The maximum atomic E-state index is 12.5. The number of amides is 2. The second-order valence-corrected chi connectivity index (χ2v) is 6.98. The summed E-state index contributed by atoms with van der Waals surface area (Å²) in [5.41, 5.74) is 0. The molecule has 136 valence electrons. The van der Waals surface area contributed by atoms with E-state index in [1.807, 2.05) is 0 Å². The summed E-state index contributed by atoms with van der Waals surface area (Å²) in [4.78, 5) is 23.8. The topological polar surface area (TPSA) is 104 Å². The Bertz CT molecular complexity index is 536. The standard InChI is InChI=1S/C15H24N2O7/c1-14(2)21-8-9(22-14)11-13(24-15(3,4)23-11)20-10(8)12(19)17-6-7(18)16-5/h8-11,13H,6H2,1-5H3,(H,16,18)(H,17,19)/t8-,9+,10-,11-,13+/m1/s1. The first-order chi connectivity index (χ1) is 11.1. The molecule has 2 amide bonds. The Morgan fingerprint density at radius 2 is 1.50 bits per heavy atom. The maximum absolute atomic E-state index is 12.5. The van der Waals surface area contributed by atoms with Crippen molar-refractivity contribution in [1.82, 2.24) is 10.6 Å². The van der Waals surface area contributed by atoms with E-state index >= 15 is 0 Å². The summed E-state index contributed by atoms with van der Waals surface area (Å²) in [5, 5.41) is 4.97. The zero-order chi connectivity index (χ0) is 17.7. The molecule has 5 atom stereocenters. The van der Waals surface area contributed by atoms with Gasteiger partial charge in [-0.1, -0.05) is 0 Å². The largest absolute Gasteiger partial charge is 0.358 e. The van der Waals surface area contributed by atoms with E-state index in [-0.39, 0.29) is 12.5 Å². The van der Waals surface area contributed by atoms with Crippen LogP contribution in [0.3, 0.4) is 0 Å². The average Bonchev–Trinajstić information content (AvgIpc) is 2.97. The molecule has 0 spiro atoms. The second kappa shape index (κ2) is 5.92. The first-order valence-electron chi connectivity index (χ1n) is 7.97. The van der Waals surface area contributed by atoms with E-state index < -0.39 is 48.2 Å². The molecule has 0 radical (unpaired) electrons. The van der Waals surface area contributed by atoms with Gasteiger partial charge in [-0.05, 0) is 27.7 Å². The number of hydrogen-bond donors (Lipinski definition) is 2. The molecule has 0 aromatic heterocycles. The molecule has 24 heavy (non-hydrogen) atoms. The van der Waals surface area contributed by atoms with Crippen LogP contribution in [0.4, 0.5) is 0 Å². The van der Waals surface area contributed by atoms with E-state index in [0.29, 0.717) is 0 Å².